The Kier molecular flexibility index (Phi) is 7.38. The third-order valence-corrected chi connectivity index (χ3v) is 5.41. The van der Waals surface area contributed by atoms with E-state index in [2.05, 4.69) is 54.9 Å². The number of hydrogen-bond donors (Lipinski definition) is 1. The minimum Gasteiger partial charge on any atom is -0.388 e. The topological polar surface area (TPSA) is 42.0 Å². The molecule has 1 aromatic heterocycles. The minimum absolute atomic E-state index is 0.501. The lowest BCUT2D eigenvalue weighted by Crippen LogP contribution is -2.01. The van der Waals surface area contributed by atoms with Gasteiger partial charge in [0.05, 0.1) is 0 Å². The SMILES string of the molecule is C=C(/C=C/c1ccccc1NC)/C(C(C)=C=O)=C(\c1cccnc1)c1cc(C)ccc1C. The Morgan fingerprint density at radius 3 is 2.56 bits per heavy atom. The molecule has 0 unspecified atom stereocenters. The summed E-state index contributed by atoms with van der Waals surface area (Å²) in [5, 5.41) is 3.20. The maximum atomic E-state index is 11.9. The number of allylic oxidation sites excluding steroid dienone is 4. The highest BCUT2D eigenvalue weighted by atomic mass is 16.1. The smallest absolute Gasteiger partial charge is 0.128 e. The van der Waals surface area contributed by atoms with Crippen molar-refractivity contribution in [3.05, 3.63) is 124 Å². The van der Waals surface area contributed by atoms with Gasteiger partial charge >= 0.3 is 0 Å². The van der Waals surface area contributed by atoms with Gasteiger partial charge in [-0.25, -0.2) is 4.79 Å². The average Bonchev–Trinajstić information content (AvgIpc) is 2.83. The van der Waals surface area contributed by atoms with Crippen molar-refractivity contribution in [2.75, 3.05) is 12.4 Å². The molecular weight excluding hydrogens is 392 g/mol. The van der Waals surface area contributed by atoms with Crippen LogP contribution in [0.15, 0.2) is 96.4 Å². The second kappa shape index (κ2) is 10.4. The average molecular weight is 421 g/mol. The van der Waals surface area contributed by atoms with E-state index in [1.165, 1.54) is 0 Å². The number of nitrogens with one attached hydrogen (secondary N) is 1. The lowest BCUT2D eigenvalue weighted by Gasteiger charge is -2.18. The molecule has 32 heavy (non-hydrogen) atoms. The largest absolute Gasteiger partial charge is 0.388 e. The summed E-state index contributed by atoms with van der Waals surface area (Å²) in [5.74, 6) is 2.10. The first-order valence-corrected chi connectivity index (χ1v) is 10.5. The Balaban J connectivity index is 2.27. The third kappa shape index (κ3) is 5.03. The van der Waals surface area contributed by atoms with Crippen molar-refractivity contribution in [3.63, 3.8) is 0 Å². The highest BCUT2D eigenvalue weighted by Crippen LogP contribution is 2.35. The maximum absolute atomic E-state index is 11.9. The van der Waals surface area contributed by atoms with E-state index in [9.17, 15) is 4.79 Å². The zero-order valence-electron chi connectivity index (χ0n) is 19.1. The molecule has 0 atom stereocenters. The maximum Gasteiger partial charge on any atom is 0.128 e. The number of benzene rings is 2. The van der Waals surface area contributed by atoms with Crippen LogP contribution >= 0.6 is 0 Å². The van der Waals surface area contributed by atoms with E-state index in [1.54, 1.807) is 13.1 Å². The molecule has 0 aliphatic carbocycles. The van der Waals surface area contributed by atoms with Crippen LogP contribution in [0.2, 0.25) is 0 Å². The lowest BCUT2D eigenvalue weighted by molar-refractivity contribution is 0.567. The van der Waals surface area contributed by atoms with E-state index < -0.39 is 0 Å². The molecule has 3 rings (SSSR count). The van der Waals surface area contributed by atoms with Crippen LogP contribution < -0.4 is 5.32 Å². The number of anilines is 1. The van der Waals surface area contributed by atoms with Gasteiger partial charge in [-0.3, -0.25) is 4.98 Å². The fraction of sp³-hybridized carbons (Fsp3) is 0.138. The molecule has 0 aliphatic rings. The quantitative estimate of drug-likeness (QED) is 0.346. The fourth-order valence-electron chi connectivity index (χ4n) is 3.73. The minimum atomic E-state index is 0.501. The normalized spacial score (nSPS) is 11.6. The zero-order chi connectivity index (χ0) is 23.1. The van der Waals surface area contributed by atoms with Crippen LogP contribution in [-0.2, 0) is 4.79 Å². The standard InChI is InChI=1S/C29H28N2O/c1-20-12-13-21(2)26(17-20)29(25-10-8-16-31-18-25)28(23(4)19-32)22(3)14-15-24-9-6-7-11-27(24)30-5/h6-18,30H,3H2,1-2,4-5H3/b15-14+,29-28-. The highest BCUT2D eigenvalue weighted by molar-refractivity contribution is 5.91. The van der Waals surface area contributed by atoms with Gasteiger partial charge < -0.3 is 5.32 Å². The number of carbonyl (C=O) groups excluding carboxylic acids is 1. The predicted octanol–water partition coefficient (Wildman–Crippen LogP) is 6.59. The molecule has 0 spiro atoms. The summed E-state index contributed by atoms with van der Waals surface area (Å²) in [7, 11) is 1.90. The molecule has 1 heterocycles. The van der Waals surface area contributed by atoms with Gasteiger partial charge in [0.1, 0.15) is 5.94 Å². The monoisotopic (exact) mass is 420 g/mol. The van der Waals surface area contributed by atoms with Crippen LogP contribution in [0.25, 0.3) is 11.6 Å². The summed E-state index contributed by atoms with van der Waals surface area (Å²) in [4.78, 5) is 16.2. The fourth-order valence-corrected chi connectivity index (χ4v) is 3.73. The number of aromatic nitrogens is 1. The molecule has 0 fully saturated rings. The lowest BCUT2D eigenvalue weighted by atomic mass is 9.85. The molecule has 0 aliphatic heterocycles. The van der Waals surface area contributed by atoms with Crippen molar-refractivity contribution in [1.29, 1.82) is 0 Å². The number of aryl methyl sites for hydroxylation is 2. The Bertz CT molecular complexity index is 1240. The van der Waals surface area contributed by atoms with E-state index in [0.717, 1.165) is 50.2 Å². The number of nitrogens with zero attached hydrogens (tertiary/aromatic N) is 1. The number of rotatable bonds is 7. The van der Waals surface area contributed by atoms with Crippen LogP contribution in [0.1, 0.15) is 34.7 Å². The Morgan fingerprint density at radius 1 is 1.09 bits per heavy atom. The van der Waals surface area contributed by atoms with E-state index in [0.29, 0.717) is 5.57 Å². The molecule has 0 saturated carbocycles. The molecule has 160 valence electrons. The van der Waals surface area contributed by atoms with E-state index in [1.807, 2.05) is 61.8 Å². The molecule has 0 amide bonds. The molecule has 0 saturated heterocycles. The van der Waals surface area contributed by atoms with Gasteiger partial charge in [-0.1, -0.05) is 66.8 Å². The van der Waals surface area contributed by atoms with Crippen molar-refractivity contribution in [2.24, 2.45) is 0 Å². The van der Waals surface area contributed by atoms with E-state index in [-0.39, 0.29) is 0 Å². The first kappa shape index (κ1) is 22.7. The van der Waals surface area contributed by atoms with Gasteiger partial charge in [-0.15, -0.1) is 0 Å². The summed E-state index contributed by atoms with van der Waals surface area (Å²) in [6.45, 7) is 10.3. The zero-order valence-corrected chi connectivity index (χ0v) is 19.1. The van der Waals surface area contributed by atoms with E-state index >= 15 is 0 Å². The molecule has 0 radical (unpaired) electrons. The van der Waals surface area contributed by atoms with Crippen LogP contribution in [-0.4, -0.2) is 18.0 Å². The van der Waals surface area contributed by atoms with Gasteiger partial charge in [-0.05, 0) is 60.7 Å². The highest BCUT2D eigenvalue weighted by Gasteiger charge is 2.18. The summed E-state index contributed by atoms with van der Waals surface area (Å²) < 4.78 is 0. The van der Waals surface area contributed by atoms with Crippen molar-refractivity contribution < 1.29 is 4.79 Å². The molecular formula is C29H28N2O. The number of pyridine rings is 1. The van der Waals surface area contributed by atoms with Gasteiger partial charge in [0, 0.05) is 41.8 Å². The summed E-state index contributed by atoms with van der Waals surface area (Å²) in [5.41, 5.74) is 9.22. The van der Waals surface area contributed by atoms with Crippen LogP contribution in [0, 0.1) is 13.8 Å². The van der Waals surface area contributed by atoms with Crippen molar-refractivity contribution in [1.82, 2.24) is 4.98 Å². The molecule has 0 bridgehead atoms. The second-order valence-electron chi connectivity index (χ2n) is 7.73. The molecule has 1 N–H and O–H groups in total. The summed E-state index contributed by atoms with van der Waals surface area (Å²) in [6.07, 6.45) is 7.53. The van der Waals surface area contributed by atoms with Crippen molar-refractivity contribution >= 4 is 23.3 Å². The summed E-state index contributed by atoms with van der Waals surface area (Å²) >= 11 is 0. The van der Waals surface area contributed by atoms with Crippen LogP contribution in [0.5, 0.6) is 0 Å². The van der Waals surface area contributed by atoms with E-state index in [4.69, 9.17) is 0 Å². The first-order chi connectivity index (χ1) is 15.5. The van der Waals surface area contributed by atoms with Gasteiger partial charge in [-0.2, -0.15) is 0 Å². The second-order valence-corrected chi connectivity index (χ2v) is 7.73. The Morgan fingerprint density at radius 2 is 1.88 bits per heavy atom. The van der Waals surface area contributed by atoms with Crippen LogP contribution in [0.3, 0.4) is 0 Å². The summed E-state index contributed by atoms with van der Waals surface area (Å²) in [6, 6.07) is 18.3. The molecule has 3 heteroatoms. The molecule has 3 aromatic rings. The first-order valence-electron chi connectivity index (χ1n) is 10.5. The number of hydrogen-bond acceptors (Lipinski definition) is 3. The van der Waals surface area contributed by atoms with Gasteiger partial charge in [0.15, 0.2) is 0 Å². The van der Waals surface area contributed by atoms with Crippen LogP contribution in [0.4, 0.5) is 5.69 Å². The Hall–Kier alpha value is -3.94. The molecule has 3 nitrogen and oxygen atoms in total. The molecule has 2 aromatic carbocycles. The third-order valence-electron chi connectivity index (χ3n) is 5.41. The van der Waals surface area contributed by atoms with Crippen molar-refractivity contribution in [3.8, 4) is 0 Å². The van der Waals surface area contributed by atoms with Crippen molar-refractivity contribution in [2.45, 2.75) is 20.8 Å². The van der Waals surface area contributed by atoms with Gasteiger partial charge in [0.25, 0.3) is 0 Å². The Labute approximate surface area is 190 Å². The van der Waals surface area contributed by atoms with Gasteiger partial charge in [0.2, 0.25) is 0 Å². The number of para-hydroxylation sites is 1. The predicted molar refractivity (Wildman–Crippen MR) is 135 cm³/mol.